The first-order valence-electron chi connectivity index (χ1n) is 6.15. The molecule has 0 unspecified atom stereocenters. The summed E-state index contributed by atoms with van der Waals surface area (Å²) in [5.41, 5.74) is 7.86. The fourth-order valence-electron chi connectivity index (χ4n) is 1.86. The maximum atomic E-state index is 5.50. The number of hydrogen-bond acceptors (Lipinski definition) is 3. The molecule has 4 heteroatoms. The van der Waals surface area contributed by atoms with Crippen molar-refractivity contribution >= 4 is 0 Å². The lowest BCUT2D eigenvalue weighted by Gasteiger charge is -2.04. The van der Waals surface area contributed by atoms with E-state index in [4.69, 9.17) is 10.5 Å². The van der Waals surface area contributed by atoms with Crippen LogP contribution in [0.2, 0.25) is 0 Å². The summed E-state index contributed by atoms with van der Waals surface area (Å²) in [4.78, 5) is 4.31. The number of benzene rings is 1. The van der Waals surface area contributed by atoms with Gasteiger partial charge in [0.05, 0.1) is 19.1 Å². The zero-order chi connectivity index (χ0) is 12.8. The summed E-state index contributed by atoms with van der Waals surface area (Å²) in [7, 11) is 1.68. The normalized spacial score (nSPS) is 10.6. The molecular weight excluding hydrogens is 226 g/mol. The van der Waals surface area contributed by atoms with Gasteiger partial charge >= 0.3 is 0 Å². The summed E-state index contributed by atoms with van der Waals surface area (Å²) in [5.74, 6) is 0.895. The first-order chi connectivity index (χ1) is 8.81. The van der Waals surface area contributed by atoms with Gasteiger partial charge < -0.3 is 15.0 Å². The Labute approximate surface area is 107 Å². The quantitative estimate of drug-likeness (QED) is 0.841. The van der Waals surface area contributed by atoms with Gasteiger partial charge in [0.25, 0.3) is 0 Å². The number of nitrogens with zero attached hydrogens (tertiary/aromatic N) is 2. The van der Waals surface area contributed by atoms with E-state index in [9.17, 15) is 0 Å². The zero-order valence-corrected chi connectivity index (χ0v) is 10.7. The molecular formula is C14H19N3O. The molecule has 0 radical (unpaired) electrons. The van der Waals surface area contributed by atoms with Crippen LogP contribution in [0.4, 0.5) is 0 Å². The van der Waals surface area contributed by atoms with Crippen molar-refractivity contribution in [1.82, 2.24) is 9.55 Å². The largest absolute Gasteiger partial charge is 0.497 e. The number of imidazole rings is 1. The van der Waals surface area contributed by atoms with E-state index in [2.05, 4.69) is 27.9 Å². The van der Waals surface area contributed by atoms with Crippen molar-refractivity contribution in [1.29, 1.82) is 0 Å². The van der Waals surface area contributed by atoms with E-state index in [0.29, 0.717) is 6.54 Å². The van der Waals surface area contributed by atoms with Gasteiger partial charge in [0.2, 0.25) is 0 Å². The van der Waals surface area contributed by atoms with Crippen LogP contribution in [0.1, 0.15) is 11.3 Å². The van der Waals surface area contributed by atoms with Crippen molar-refractivity contribution in [3.63, 3.8) is 0 Å². The van der Waals surface area contributed by atoms with Gasteiger partial charge in [-0.05, 0) is 30.7 Å². The molecule has 1 heterocycles. The van der Waals surface area contributed by atoms with Gasteiger partial charge in [0.15, 0.2) is 0 Å². The van der Waals surface area contributed by atoms with Crippen molar-refractivity contribution in [2.45, 2.75) is 19.4 Å². The summed E-state index contributed by atoms with van der Waals surface area (Å²) in [6.45, 7) is 1.58. The molecule has 0 aliphatic rings. The molecule has 0 bridgehead atoms. The second-order valence-corrected chi connectivity index (χ2v) is 4.24. The number of rotatable bonds is 6. The Bertz CT molecular complexity index is 476. The third kappa shape index (κ3) is 3.34. The summed E-state index contributed by atoms with van der Waals surface area (Å²) >= 11 is 0. The van der Waals surface area contributed by atoms with Crippen LogP contribution in [0.25, 0.3) is 0 Å². The molecule has 96 valence electrons. The highest BCUT2D eigenvalue weighted by atomic mass is 16.5. The van der Waals surface area contributed by atoms with E-state index < -0.39 is 0 Å². The maximum Gasteiger partial charge on any atom is 0.118 e. The second-order valence-electron chi connectivity index (χ2n) is 4.24. The highest BCUT2D eigenvalue weighted by molar-refractivity contribution is 5.27. The molecule has 0 atom stereocenters. The Morgan fingerprint density at radius 2 is 2.00 bits per heavy atom. The molecule has 0 spiro atoms. The third-order valence-electron chi connectivity index (χ3n) is 2.90. The van der Waals surface area contributed by atoms with Gasteiger partial charge in [0, 0.05) is 19.2 Å². The van der Waals surface area contributed by atoms with Crippen LogP contribution in [0.15, 0.2) is 36.8 Å². The standard InChI is InChI=1S/C14H19N3O/c1-18-14-4-2-12(3-5-14)7-9-17-10-13(6-8-15)16-11-17/h2-5,10-11H,6-9,15H2,1H3. The molecule has 0 fully saturated rings. The van der Waals surface area contributed by atoms with Crippen molar-refractivity contribution in [2.24, 2.45) is 5.73 Å². The van der Waals surface area contributed by atoms with Crippen LogP contribution in [-0.4, -0.2) is 23.2 Å². The van der Waals surface area contributed by atoms with Crippen molar-refractivity contribution in [3.05, 3.63) is 48.0 Å². The lowest BCUT2D eigenvalue weighted by Crippen LogP contribution is -2.03. The van der Waals surface area contributed by atoms with Crippen LogP contribution in [-0.2, 0) is 19.4 Å². The Morgan fingerprint density at radius 1 is 1.22 bits per heavy atom. The van der Waals surface area contributed by atoms with Crippen molar-refractivity contribution in [3.8, 4) is 5.75 Å². The van der Waals surface area contributed by atoms with Crippen LogP contribution in [0.3, 0.4) is 0 Å². The van der Waals surface area contributed by atoms with E-state index in [1.165, 1.54) is 5.56 Å². The molecule has 0 aliphatic heterocycles. The smallest absolute Gasteiger partial charge is 0.118 e. The summed E-state index contributed by atoms with van der Waals surface area (Å²) in [5, 5.41) is 0. The topological polar surface area (TPSA) is 53.1 Å². The fourth-order valence-corrected chi connectivity index (χ4v) is 1.86. The molecule has 4 nitrogen and oxygen atoms in total. The molecule has 0 aliphatic carbocycles. The first-order valence-corrected chi connectivity index (χ1v) is 6.15. The molecule has 2 N–H and O–H groups in total. The minimum absolute atomic E-state index is 0.648. The molecule has 2 rings (SSSR count). The summed E-state index contributed by atoms with van der Waals surface area (Å²) < 4.78 is 7.24. The number of ether oxygens (including phenoxy) is 1. The minimum atomic E-state index is 0.648. The SMILES string of the molecule is COc1ccc(CCn2cnc(CCN)c2)cc1. The Balaban J connectivity index is 1.89. The Hall–Kier alpha value is -1.81. The van der Waals surface area contributed by atoms with Crippen LogP contribution >= 0.6 is 0 Å². The third-order valence-corrected chi connectivity index (χ3v) is 2.90. The van der Waals surface area contributed by atoms with Gasteiger partial charge in [0.1, 0.15) is 5.75 Å². The van der Waals surface area contributed by atoms with E-state index in [1.54, 1.807) is 7.11 Å². The predicted octanol–water partition coefficient (Wildman–Crippen LogP) is 1.64. The van der Waals surface area contributed by atoms with Gasteiger partial charge in [-0.2, -0.15) is 0 Å². The molecule has 1 aromatic carbocycles. The highest BCUT2D eigenvalue weighted by Gasteiger charge is 1.99. The monoisotopic (exact) mass is 245 g/mol. The van der Waals surface area contributed by atoms with Gasteiger partial charge in [-0.3, -0.25) is 0 Å². The number of methoxy groups -OCH3 is 1. The lowest BCUT2D eigenvalue weighted by molar-refractivity contribution is 0.414. The molecule has 0 amide bonds. The van der Waals surface area contributed by atoms with E-state index in [-0.39, 0.29) is 0 Å². The Morgan fingerprint density at radius 3 is 2.67 bits per heavy atom. The molecule has 0 saturated heterocycles. The maximum absolute atomic E-state index is 5.50. The Kier molecular flexibility index (Phi) is 4.36. The van der Waals surface area contributed by atoms with Gasteiger partial charge in [-0.1, -0.05) is 12.1 Å². The molecule has 18 heavy (non-hydrogen) atoms. The average Bonchev–Trinajstić information content (AvgIpc) is 2.85. The number of aromatic nitrogens is 2. The summed E-state index contributed by atoms with van der Waals surface area (Å²) in [6, 6.07) is 8.17. The molecule has 1 aromatic heterocycles. The molecule has 2 aromatic rings. The predicted molar refractivity (Wildman–Crippen MR) is 71.7 cm³/mol. The fraction of sp³-hybridized carbons (Fsp3) is 0.357. The average molecular weight is 245 g/mol. The second kappa shape index (κ2) is 6.21. The van der Waals surface area contributed by atoms with Crippen LogP contribution in [0, 0.1) is 0 Å². The lowest BCUT2D eigenvalue weighted by atomic mass is 10.1. The molecule has 0 saturated carbocycles. The zero-order valence-electron chi connectivity index (χ0n) is 10.7. The van der Waals surface area contributed by atoms with Crippen LogP contribution < -0.4 is 10.5 Å². The number of nitrogens with two attached hydrogens (primary N) is 1. The highest BCUT2D eigenvalue weighted by Crippen LogP contribution is 2.12. The first kappa shape index (κ1) is 12.6. The van der Waals surface area contributed by atoms with Crippen molar-refractivity contribution < 1.29 is 4.74 Å². The number of hydrogen-bond donors (Lipinski definition) is 1. The van der Waals surface area contributed by atoms with Gasteiger partial charge in [-0.25, -0.2) is 4.98 Å². The van der Waals surface area contributed by atoms with E-state index in [0.717, 1.165) is 30.8 Å². The van der Waals surface area contributed by atoms with Gasteiger partial charge in [-0.15, -0.1) is 0 Å². The van der Waals surface area contributed by atoms with E-state index in [1.807, 2.05) is 18.5 Å². The summed E-state index contributed by atoms with van der Waals surface area (Å²) in [6.07, 6.45) is 5.77. The van der Waals surface area contributed by atoms with Crippen molar-refractivity contribution in [2.75, 3.05) is 13.7 Å². The van der Waals surface area contributed by atoms with Crippen LogP contribution in [0.5, 0.6) is 5.75 Å². The minimum Gasteiger partial charge on any atom is -0.497 e. The van der Waals surface area contributed by atoms with E-state index >= 15 is 0 Å². The number of aryl methyl sites for hydroxylation is 2.